The summed E-state index contributed by atoms with van der Waals surface area (Å²) in [6.45, 7) is 4.14. The van der Waals surface area contributed by atoms with Gasteiger partial charge in [0.15, 0.2) is 5.78 Å². The molecule has 5 nitrogen and oxygen atoms in total. The molecule has 1 aromatic carbocycles. The number of Topliss-reactive ketones (excluding diaryl/α,β-unsaturated/α-hetero) is 1. The molecule has 0 saturated carbocycles. The molecule has 0 aliphatic rings. The number of hydrogen-bond acceptors (Lipinski definition) is 5. The van der Waals surface area contributed by atoms with E-state index >= 15 is 0 Å². The number of ketones is 1. The van der Waals surface area contributed by atoms with Crippen LogP contribution in [0.4, 0.5) is 0 Å². The summed E-state index contributed by atoms with van der Waals surface area (Å²) < 4.78 is 10.4. The molecule has 0 unspecified atom stereocenters. The smallest absolute Gasteiger partial charge is 0.311 e. The van der Waals surface area contributed by atoms with Crippen molar-refractivity contribution in [2.45, 2.75) is 78.1 Å². The number of unbranched alkanes of at least 4 members (excludes halogenated alkanes) is 6. The first kappa shape index (κ1) is 22.9. The zero-order chi connectivity index (χ0) is 19.9. The molecule has 0 aliphatic heterocycles. The molecule has 0 N–H and O–H groups in total. The Bertz CT molecular complexity index is 577. The average Bonchev–Trinajstić information content (AvgIpc) is 2.64. The first-order valence-electron chi connectivity index (χ1n) is 10.00. The molecular weight excluding hydrogens is 344 g/mol. The van der Waals surface area contributed by atoms with E-state index in [1.54, 1.807) is 24.3 Å². The van der Waals surface area contributed by atoms with Crippen LogP contribution in [0.15, 0.2) is 24.3 Å². The largest absolute Gasteiger partial charge is 0.466 e. The van der Waals surface area contributed by atoms with Crippen LogP contribution in [0, 0.1) is 0 Å². The number of hydrogen-bond donors (Lipinski definition) is 0. The number of esters is 2. The van der Waals surface area contributed by atoms with Crippen molar-refractivity contribution in [1.82, 2.24) is 0 Å². The SMILES string of the molecule is CCCCCCCCCOC(=O)CCCC(=O)Oc1ccc(C(C)=O)cc1. The van der Waals surface area contributed by atoms with Gasteiger partial charge in [0.1, 0.15) is 5.75 Å². The summed E-state index contributed by atoms with van der Waals surface area (Å²) in [4.78, 5) is 34.6. The maximum absolute atomic E-state index is 11.8. The summed E-state index contributed by atoms with van der Waals surface area (Å²) in [6.07, 6.45) is 9.03. The van der Waals surface area contributed by atoms with E-state index in [0.717, 1.165) is 12.8 Å². The van der Waals surface area contributed by atoms with E-state index in [-0.39, 0.29) is 24.6 Å². The Hall–Kier alpha value is -2.17. The fourth-order valence-corrected chi connectivity index (χ4v) is 2.63. The minimum absolute atomic E-state index is 0.0390. The lowest BCUT2D eigenvalue weighted by molar-refractivity contribution is -0.144. The van der Waals surface area contributed by atoms with Crippen LogP contribution in [-0.4, -0.2) is 24.3 Å². The average molecular weight is 376 g/mol. The molecule has 1 aromatic rings. The van der Waals surface area contributed by atoms with E-state index in [4.69, 9.17) is 9.47 Å². The Morgan fingerprint density at radius 2 is 1.37 bits per heavy atom. The van der Waals surface area contributed by atoms with E-state index < -0.39 is 5.97 Å². The molecule has 0 heterocycles. The molecule has 27 heavy (non-hydrogen) atoms. The highest BCUT2D eigenvalue weighted by Gasteiger charge is 2.09. The van der Waals surface area contributed by atoms with Crippen LogP contribution in [0.1, 0.15) is 88.4 Å². The van der Waals surface area contributed by atoms with Gasteiger partial charge in [-0.1, -0.05) is 45.4 Å². The molecule has 0 amide bonds. The summed E-state index contributed by atoms with van der Waals surface area (Å²) in [5.74, 6) is -0.306. The van der Waals surface area contributed by atoms with Gasteiger partial charge >= 0.3 is 11.9 Å². The highest BCUT2D eigenvalue weighted by Crippen LogP contribution is 2.14. The number of rotatable bonds is 14. The van der Waals surface area contributed by atoms with Crippen LogP contribution in [0.3, 0.4) is 0 Å². The Labute approximate surface area is 162 Å². The molecule has 0 saturated heterocycles. The first-order valence-corrected chi connectivity index (χ1v) is 10.00. The Kier molecular flexibility index (Phi) is 11.8. The monoisotopic (exact) mass is 376 g/mol. The predicted octanol–water partition coefficient (Wildman–Crippen LogP) is 5.26. The zero-order valence-electron chi connectivity index (χ0n) is 16.6. The van der Waals surface area contributed by atoms with Crippen molar-refractivity contribution in [2.24, 2.45) is 0 Å². The van der Waals surface area contributed by atoms with Crippen molar-refractivity contribution >= 4 is 17.7 Å². The number of carbonyl (C=O) groups excluding carboxylic acids is 3. The maximum Gasteiger partial charge on any atom is 0.311 e. The van der Waals surface area contributed by atoms with Crippen LogP contribution in [0.25, 0.3) is 0 Å². The normalized spacial score (nSPS) is 10.4. The lowest BCUT2D eigenvalue weighted by Crippen LogP contribution is -2.10. The standard InChI is InChI=1S/C22H32O5/c1-3-4-5-6-7-8-9-17-26-21(24)11-10-12-22(25)27-20-15-13-19(14-16-20)18(2)23/h13-16H,3-12,17H2,1-2H3. The van der Waals surface area contributed by atoms with Crippen LogP contribution in [0.5, 0.6) is 5.75 Å². The number of ether oxygens (including phenoxy) is 2. The van der Waals surface area contributed by atoms with Gasteiger partial charge in [-0.2, -0.15) is 0 Å². The molecule has 0 bridgehead atoms. The fraction of sp³-hybridized carbons (Fsp3) is 0.591. The number of carbonyl (C=O) groups is 3. The maximum atomic E-state index is 11.8. The summed E-state index contributed by atoms with van der Waals surface area (Å²) >= 11 is 0. The van der Waals surface area contributed by atoms with Crippen LogP contribution in [0.2, 0.25) is 0 Å². The lowest BCUT2D eigenvalue weighted by Gasteiger charge is -2.06. The van der Waals surface area contributed by atoms with Gasteiger partial charge in [-0.25, -0.2) is 0 Å². The van der Waals surface area contributed by atoms with Gasteiger partial charge in [-0.15, -0.1) is 0 Å². The molecule has 1 rings (SSSR count). The van der Waals surface area contributed by atoms with Gasteiger partial charge in [0.25, 0.3) is 0 Å². The molecule has 0 spiro atoms. The first-order chi connectivity index (χ1) is 13.0. The lowest BCUT2D eigenvalue weighted by atomic mass is 10.1. The summed E-state index contributed by atoms with van der Waals surface area (Å²) in [7, 11) is 0. The van der Waals surface area contributed by atoms with E-state index in [2.05, 4.69) is 6.92 Å². The third-order valence-corrected chi connectivity index (χ3v) is 4.27. The molecule has 0 aliphatic carbocycles. The highest BCUT2D eigenvalue weighted by molar-refractivity contribution is 5.94. The van der Waals surface area contributed by atoms with Gasteiger partial charge in [0.2, 0.25) is 0 Å². The van der Waals surface area contributed by atoms with Crippen LogP contribution >= 0.6 is 0 Å². The van der Waals surface area contributed by atoms with E-state index in [9.17, 15) is 14.4 Å². The third kappa shape index (κ3) is 11.2. The van der Waals surface area contributed by atoms with E-state index in [1.807, 2.05) is 0 Å². The molecular formula is C22H32O5. The van der Waals surface area contributed by atoms with Crippen molar-refractivity contribution in [3.05, 3.63) is 29.8 Å². The number of benzene rings is 1. The third-order valence-electron chi connectivity index (χ3n) is 4.27. The van der Waals surface area contributed by atoms with E-state index in [0.29, 0.717) is 24.3 Å². The molecule has 0 fully saturated rings. The molecule has 0 radical (unpaired) electrons. The quantitative estimate of drug-likeness (QED) is 0.192. The van der Waals surface area contributed by atoms with E-state index in [1.165, 1.54) is 39.0 Å². The Morgan fingerprint density at radius 1 is 0.778 bits per heavy atom. The topological polar surface area (TPSA) is 69.7 Å². The van der Waals surface area contributed by atoms with Crippen molar-refractivity contribution in [2.75, 3.05) is 6.61 Å². The minimum atomic E-state index is -0.398. The summed E-state index contributed by atoms with van der Waals surface area (Å²) in [6, 6.07) is 6.41. The molecule has 0 aromatic heterocycles. The fourth-order valence-electron chi connectivity index (χ4n) is 2.63. The zero-order valence-corrected chi connectivity index (χ0v) is 16.6. The van der Waals surface area contributed by atoms with Crippen molar-refractivity contribution in [1.29, 1.82) is 0 Å². The second-order valence-electron chi connectivity index (χ2n) is 6.75. The van der Waals surface area contributed by atoms with Crippen molar-refractivity contribution in [3.63, 3.8) is 0 Å². The van der Waals surface area contributed by atoms with Crippen molar-refractivity contribution in [3.8, 4) is 5.75 Å². The molecule has 5 heteroatoms. The van der Waals surface area contributed by atoms with Gasteiger partial charge < -0.3 is 9.47 Å². The Morgan fingerprint density at radius 3 is 2.00 bits per heavy atom. The second-order valence-corrected chi connectivity index (χ2v) is 6.75. The van der Waals surface area contributed by atoms with Gasteiger partial charge in [-0.05, 0) is 44.0 Å². The highest BCUT2D eigenvalue weighted by atomic mass is 16.5. The van der Waals surface area contributed by atoms with Gasteiger partial charge in [0, 0.05) is 18.4 Å². The van der Waals surface area contributed by atoms with Gasteiger partial charge in [-0.3, -0.25) is 14.4 Å². The predicted molar refractivity (Wildman–Crippen MR) is 105 cm³/mol. The van der Waals surface area contributed by atoms with Crippen LogP contribution < -0.4 is 4.74 Å². The molecule has 0 atom stereocenters. The minimum Gasteiger partial charge on any atom is -0.466 e. The van der Waals surface area contributed by atoms with Crippen LogP contribution in [-0.2, 0) is 14.3 Å². The summed E-state index contributed by atoms with van der Waals surface area (Å²) in [5, 5.41) is 0. The van der Waals surface area contributed by atoms with Gasteiger partial charge in [0.05, 0.1) is 6.61 Å². The second kappa shape index (κ2) is 14.0. The molecule has 150 valence electrons. The summed E-state index contributed by atoms with van der Waals surface area (Å²) in [5.41, 5.74) is 0.568. The Balaban J connectivity index is 2.06. The van der Waals surface area contributed by atoms with Crippen molar-refractivity contribution < 1.29 is 23.9 Å².